The van der Waals surface area contributed by atoms with Gasteiger partial charge in [0, 0.05) is 12.3 Å². The Morgan fingerprint density at radius 1 is 1.10 bits per heavy atom. The van der Waals surface area contributed by atoms with E-state index in [2.05, 4.69) is 25.1 Å². The minimum Gasteiger partial charge on any atom is -0.497 e. The maximum atomic E-state index is 12.7. The van der Waals surface area contributed by atoms with Crippen molar-refractivity contribution in [3.8, 4) is 5.75 Å². The highest BCUT2D eigenvalue weighted by Crippen LogP contribution is 2.80. The van der Waals surface area contributed by atoms with E-state index in [1.807, 2.05) is 0 Å². The van der Waals surface area contributed by atoms with E-state index >= 15 is 0 Å². The summed E-state index contributed by atoms with van der Waals surface area (Å²) in [7, 11) is 1.73. The van der Waals surface area contributed by atoms with E-state index in [0.717, 1.165) is 50.7 Å². The van der Waals surface area contributed by atoms with Crippen molar-refractivity contribution in [2.75, 3.05) is 7.11 Å². The van der Waals surface area contributed by atoms with Gasteiger partial charge in [-0.15, -0.1) is 0 Å². The Balaban J connectivity index is 1.60. The van der Waals surface area contributed by atoms with Gasteiger partial charge < -0.3 is 9.47 Å². The molecular weight excluding hydrogens is 364 g/mol. The molecule has 0 unspecified atom stereocenters. The van der Waals surface area contributed by atoms with Crippen molar-refractivity contribution < 1.29 is 19.1 Å². The molecule has 0 saturated heterocycles. The van der Waals surface area contributed by atoms with Crippen LogP contribution >= 0.6 is 0 Å². The number of carbonyl (C=O) groups excluding carboxylic acids is 2. The first kappa shape index (κ1) is 19.1. The molecule has 0 radical (unpaired) electrons. The zero-order valence-electron chi connectivity index (χ0n) is 18.0. The van der Waals surface area contributed by atoms with E-state index < -0.39 is 5.60 Å². The van der Waals surface area contributed by atoms with Gasteiger partial charge in [0.15, 0.2) is 0 Å². The molecule has 0 aliphatic heterocycles. The van der Waals surface area contributed by atoms with Crippen LogP contribution in [0, 0.1) is 22.7 Å². The predicted molar refractivity (Wildman–Crippen MR) is 110 cm³/mol. The number of carbonyl (C=O) groups is 2. The highest BCUT2D eigenvalue weighted by molar-refractivity contribution is 5.82. The summed E-state index contributed by atoms with van der Waals surface area (Å²) in [6.45, 7) is 5.54. The molecule has 0 heterocycles. The zero-order chi connectivity index (χ0) is 20.6. The second-order valence-electron chi connectivity index (χ2n) is 10.2. The van der Waals surface area contributed by atoms with Crippen molar-refractivity contribution in [1.29, 1.82) is 0 Å². The molecule has 29 heavy (non-hydrogen) atoms. The Labute approximate surface area is 173 Å². The van der Waals surface area contributed by atoms with Crippen LogP contribution in [-0.4, -0.2) is 24.5 Å². The van der Waals surface area contributed by atoms with Gasteiger partial charge in [0.1, 0.15) is 17.1 Å². The van der Waals surface area contributed by atoms with Gasteiger partial charge >= 0.3 is 5.97 Å². The van der Waals surface area contributed by atoms with Crippen molar-refractivity contribution in [3.05, 3.63) is 29.3 Å². The number of benzene rings is 1. The van der Waals surface area contributed by atoms with E-state index in [1.54, 1.807) is 14.0 Å². The van der Waals surface area contributed by atoms with Crippen LogP contribution in [0.4, 0.5) is 0 Å². The maximum Gasteiger partial charge on any atom is 0.303 e. The van der Waals surface area contributed by atoms with E-state index in [0.29, 0.717) is 11.8 Å². The maximum absolute atomic E-state index is 12.7. The summed E-state index contributed by atoms with van der Waals surface area (Å²) >= 11 is 0. The average molecular weight is 397 g/mol. The van der Waals surface area contributed by atoms with Gasteiger partial charge in [-0.1, -0.05) is 13.0 Å². The normalized spacial score (nSPS) is 41.9. The third kappa shape index (κ3) is 2.21. The van der Waals surface area contributed by atoms with Gasteiger partial charge in [-0.25, -0.2) is 0 Å². The number of hydrogen-bond acceptors (Lipinski definition) is 4. The average Bonchev–Trinajstić information content (AvgIpc) is 3.07. The lowest BCUT2D eigenvalue weighted by Gasteiger charge is -2.56. The first-order valence-electron chi connectivity index (χ1n) is 11.1. The van der Waals surface area contributed by atoms with Crippen LogP contribution in [0.5, 0.6) is 5.75 Å². The minimum atomic E-state index is -0.601. The van der Waals surface area contributed by atoms with Crippen molar-refractivity contribution in [3.63, 3.8) is 0 Å². The molecule has 3 fully saturated rings. The van der Waals surface area contributed by atoms with E-state index in [4.69, 9.17) is 9.47 Å². The quantitative estimate of drug-likeness (QED) is 0.687. The number of ether oxygens (including phenoxy) is 2. The van der Waals surface area contributed by atoms with Crippen LogP contribution in [0.3, 0.4) is 0 Å². The van der Waals surface area contributed by atoms with Crippen molar-refractivity contribution in [1.82, 2.24) is 0 Å². The lowest BCUT2D eigenvalue weighted by molar-refractivity contribution is -0.181. The van der Waals surface area contributed by atoms with Gasteiger partial charge in [0.25, 0.3) is 0 Å². The molecule has 0 aromatic heterocycles. The molecule has 0 N–H and O–H groups in total. The van der Waals surface area contributed by atoms with E-state index in [1.165, 1.54) is 18.1 Å². The molecule has 0 amide bonds. The number of esters is 1. The molecule has 5 rings (SSSR count). The van der Waals surface area contributed by atoms with Crippen LogP contribution in [0.15, 0.2) is 18.2 Å². The number of hydrogen-bond donors (Lipinski definition) is 0. The van der Waals surface area contributed by atoms with Crippen LogP contribution in [0.2, 0.25) is 0 Å². The topological polar surface area (TPSA) is 52.6 Å². The lowest BCUT2D eigenvalue weighted by Crippen LogP contribution is -2.54. The molecule has 4 heteroatoms. The summed E-state index contributed by atoms with van der Waals surface area (Å²) in [5.41, 5.74) is 2.30. The molecule has 1 aromatic rings. The van der Waals surface area contributed by atoms with Crippen molar-refractivity contribution in [2.24, 2.45) is 22.7 Å². The Morgan fingerprint density at radius 2 is 1.90 bits per heavy atom. The lowest BCUT2D eigenvalue weighted by atomic mass is 9.48. The second-order valence-corrected chi connectivity index (χ2v) is 10.2. The minimum absolute atomic E-state index is 0.0965. The van der Waals surface area contributed by atoms with Crippen molar-refractivity contribution in [2.45, 2.75) is 77.2 Å². The number of aryl methyl sites for hydroxylation is 1. The Bertz CT molecular complexity index is 891. The molecule has 4 aliphatic carbocycles. The summed E-state index contributed by atoms with van der Waals surface area (Å²) in [6, 6.07) is 6.58. The van der Waals surface area contributed by atoms with Crippen LogP contribution in [-0.2, 0) is 20.7 Å². The van der Waals surface area contributed by atoms with Crippen LogP contribution < -0.4 is 4.74 Å². The number of Topliss-reactive ketones (excluding diaryl/α,β-unsaturated/α-hetero) is 1. The standard InChI is InChI=1S/C25H32O4/c1-15(26)22-14-24-11-12-25(22,29-16(2)27)23(24,3)10-9-20-19-7-6-18(28-4)13-17(19)5-8-21(20)24/h6-7,13,20-22H,5,8-12,14H2,1-4H3/t20-,21-,22+,23+,24+,25+/m1/s1. The molecule has 156 valence electrons. The molecule has 3 saturated carbocycles. The largest absolute Gasteiger partial charge is 0.497 e. The van der Waals surface area contributed by atoms with Gasteiger partial charge in [-0.3, -0.25) is 9.59 Å². The fraction of sp³-hybridized carbons (Fsp3) is 0.680. The summed E-state index contributed by atoms with van der Waals surface area (Å²) in [5.74, 6) is 1.84. The fourth-order valence-electron chi connectivity index (χ4n) is 8.45. The Hall–Kier alpha value is -1.84. The summed E-state index contributed by atoms with van der Waals surface area (Å²) < 4.78 is 11.6. The van der Waals surface area contributed by atoms with E-state index in [-0.39, 0.29) is 28.5 Å². The summed E-state index contributed by atoms with van der Waals surface area (Å²) in [4.78, 5) is 24.9. The van der Waals surface area contributed by atoms with Crippen molar-refractivity contribution >= 4 is 11.8 Å². The van der Waals surface area contributed by atoms with Gasteiger partial charge in [0.05, 0.1) is 13.0 Å². The molecular formula is C25H32O4. The highest BCUT2D eigenvalue weighted by atomic mass is 16.6. The van der Waals surface area contributed by atoms with Gasteiger partial charge in [-0.2, -0.15) is 0 Å². The molecule has 4 nitrogen and oxygen atoms in total. The summed E-state index contributed by atoms with van der Waals surface area (Å²) in [5, 5.41) is 0. The zero-order valence-corrected chi connectivity index (χ0v) is 18.0. The van der Waals surface area contributed by atoms with Gasteiger partial charge in [0.2, 0.25) is 0 Å². The molecule has 4 aliphatic rings. The molecule has 0 spiro atoms. The van der Waals surface area contributed by atoms with E-state index in [9.17, 15) is 9.59 Å². The van der Waals surface area contributed by atoms with Gasteiger partial charge in [-0.05, 0) is 92.4 Å². The SMILES string of the molecule is COc1ccc2c(c1)CC[C@@H]1[C@@H]2CC[C@@]2(C)[C@]13CC[C@]2(OC(C)=O)[C@H](C(C)=O)C3. The summed E-state index contributed by atoms with van der Waals surface area (Å²) in [6.07, 6.45) is 7.16. The second kappa shape index (κ2) is 6.09. The first-order valence-corrected chi connectivity index (χ1v) is 11.1. The van der Waals surface area contributed by atoms with Crippen LogP contribution in [0.1, 0.15) is 76.3 Å². The molecule has 6 atom stereocenters. The molecule has 1 aromatic carbocycles. The number of methoxy groups -OCH3 is 1. The Morgan fingerprint density at radius 3 is 2.59 bits per heavy atom. The monoisotopic (exact) mass is 396 g/mol. The highest BCUT2D eigenvalue weighted by Gasteiger charge is 2.79. The predicted octanol–water partition coefficient (Wildman–Crippen LogP) is 4.83. The molecule has 2 bridgehead atoms. The number of rotatable bonds is 3. The number of ketones is 1. The fourth-order valence-corrected chi connectivity index (χ4v) is 8.45. The smallest absolute Gasteiger partial charge is 0.303 e. The number of fused-ring (bicyclic) bond motifs is 3. The Kier molecular flexibility index (Phi) is 4.02. The third-order valence-corrected chi connectivity index (χ3v) is 9.55. The first-order chi connectivity index (χ1) is 13.8. The van der Waals surface area contributed by atoms with Crippen LogP contribution in [0.25, 0.3) is 0 Å². The third-order valence-electron chi connectivity index (χ3n) is 9.55.